The van der Waals surface area contributed by atoms with E-state index in [0.29, 0.717) is 5.92 Å². The largest absolute Gasteiger partial charge is 0.384 e. The lowest BCUT2D eigenvalue weighted by molar-refractivity contribution is 0.128. The summed E-state index contributed by atoms with van der Waals surface area (Å²) in [6, 6.07) is 0. The number of hydrogen-bond donors (Lipinski definition) is 1. The van der Waals surface area contributed by atoms with Gasteiger partial charge in [0.2, 0.25) is 0 Å². The van der Waals surface area contributed by atoms with Gasteiger partial charge in [0.1, 0.15) is 0 Å². The second-order valence-electron chi connectivity index (χ2n) is 6.76. The molecule has 5 heteroatoms. The molecule has 0 bridgehead atoms. The number of likely N-dealkylation sites (tertiary alicyclic amines) is 1. The molecule has 0 saturated carbocycles. The summed E-state index contributed by atoms with van der Waals surface area (Å²) in [5, 5.41) is 3.45. The summed E-state index contributed by atoms with van der Waals surface area (Å²) >= 11 is 0. The summed E-state index contributed by atoms with van der Waals surface area (Å²) in [6.07, 6.45) is 10.2. The van der Waals surface area contributed by atoms with Crippen LogP contribution in [0.3, 0.4) is 0 Å². The molecule has 1 fully saturated rings. The lowest BCUT2D eigenvalue weighted by Crippen LogP contribution is -2.40. The van der Waals surface area contributed by atoms with Gasteiger partial charge in [-0.05, 0) is 19.3 Å². The van der Waals surface area contributed by atoms with Gasteiger partial charge in [0, 0.05) is 52.9 Å². The fourth-order valence-corrected chi connectivity index (χ4v) is 3.19. The van der Waals surface area contributed by atoms with Gasteiger partial charge < -0.3 is 19.7 Å². The Hall–Kier alpha value is -0.810. The number of rotatable bonds is 13. The number of aliphatic imine (C=N–C) groups is 1. The van der Waals surface area contributed by atoms with E-state index < -0.39 is 0 Å². The van der Waals surface area contributed by atoms with Crippen molar-refractivity contribution in [3.05, 3.63) is 0 Å². The van der Waals surface area contributed by atoms with E-state index in [0.717, 1.165) is 51.8 Å². The zero-order valence-corrected chi connectivity index (χ0v) is 16.2. The summed E-state index contributed by atoms with van der Waals surface area (Å²) in [6.45, 7) is 7.89. The van der Waals surface area contributed by atoms with Gasteiger partial charge in [0.15, 0.2) is 5.96 Å². The Labute approximate surface area is 149 Å². The minimum Gasteiger partial charge on any atom is -0.384 e. The molecule has 1 saturated heterocycles. The predicted octanol–water partition coefficient (Wildman–Crippen LogP) is 3.30. The number of nitrogens with one attached hydrogen (secondary N) is 1. The highest BCUT2D eigenvalue weighted by Gasteiger charge is 2.24. The second kappa shape index (κ2) is 14.5. The number of methoxy groups -OCH3 is 1. The van der Waals surface area contributed by atoms with Crippen molar-refractivity contribution in [3.63, 3.8) is 0 Å². The van der Waals surface area contributed by atoms with Crippen LogP contribution in [0, 0.1) is 5.92 Å². The third-order valence-corrected chi connectivity index (χ3v) is 4.59. The van der Waals surface area contributed by atoms with Gasteiger partial charge >= 0.3 is 0 Å². The van der Waals surface area contributed by atoms with E-state index in [1.165, 1.54) is 44.9 Å². The molecule has 0 aromatic heterocycles. The molecule has 0 amide bonds. The Morgan fingerprint density at radius 2 is 1.88 bits per heavy atom. The molecule has 0 radical (unpaired) electrons. The van der Waals surface area contributed by atoms with Crippen LogP contribution in [0.4, 0.5) is 0 Å². The number of guanidine groups is 1. The quantitative estimate of drug-likeness (QED) is 0.317. The third-order valence-electron chi connectivity index (χ3n) is 4.59. The second-order valence-corrected chi connectivity index (χ2v) is 6.76. The van der Waals surface area contributed by atoms with Crippen molar-refractivity contribution in [2.45, 2.75) is 58.3 Å². The van der Waals surface area contributed by atoms with E-state index in [-0.39, 0.29) is 0 Å². The Balaban J connectivity index is 1.96. The zero-order chi connectivity index (χ0) is 17.5. The highest BCUT2D eigenvalue weighted by molar-refractivity contribution is 5.80. The van der Waals surface area contributed by atoms with Gasteiger partial charge in [-0.15, -0.1) is 0 Å². The highest BCUT2D eigenvalue weighted by atomic mass is 16.5. The molecule has 142 valence electrons. The summed E-state index contributed by atoms with van der Waals surface area (Å²) < 4.78 is 11.0. The molecule has 1 heterocycles. The first kappa shape index (κ1) is 21.2. The van der Waals surface area contributed by atoms with Crippen molar-refractivity contribution in [2.24, 2.45) is 10.9 Å². The maximum Gasteiger partial charge on any atom is 0.193 e. The molecule has 1 unspecified atom stereocenters. The highest BCUT2D eigenvalue weighted by Crippen LogP contribution is 2.16. The van der Waals surface area contributed by atoms with Crippen LogP contribution in [0.2, 0.25) is 0 Å². The van der Waals surface area contributed by atoms with Crippen LogP contribution in [0.25, 0.3) is 0 Å². The Kier molecular flexibility index (Phi) is 12.9. The number of unbranched alkanes of at least 4 members (excludes halogenated alkanes) is 5. The van der Waals surface area contributed by atoms with Crippen LogP contribution in [-0.4, -0.2) is 64.5 Å². The van der Waals surface area contributed by atoms with Gasteiger partial charge in [0.25, 0.3) is 0 Å². The molecule has 1 rings (SSSR count). The molecular weight excluding hydrogens is 302 g/mol. The first-order chi connectivity index (χ1) is 11.8. The van der Waals surface area contributed by atoms with Crippen molar-refractivity contribution in [2.75, 3.05) is 53.6 Å². The minimum absolute atomic E-state index is 0.634. The van der Waals surface area contributed by atoms with E-state index in [9.17, 15) is 0 Å². The minimum atomic E-state index is 0.634. The monoisotopic (exact) mass is 341 g/mol. The van der Waals surface area contributed by atoms with Crippen molar-refractivity contribution in [3.8, 4) is 0 Å². The van der Waals surface area contributed by atoms with Crippen LogP contribution in [0.15, 0.2) is 4.99 Å². The molecule has 0 aliphatic carbocycles. The van der Waals surface area contributed by atoms with E-state index >= 15 is 0 Å². The zero-order valence-electron chi connectivity index (χ0n) is 16.2. The Bertz CT molecular complexity index is 324. The molecule has 5 nitrogen and oxygen atoms in total. The Morgan fingerprint density at radius 3 is 2.62 bits per heavy atom. The van der Waals surface area contributed by atoms with E-state index in [2.05, 4.69) is 22.1 Å². The van der Waals surface area contributed by atoms with E-state index in [4.69, 9.17) is 9.47 Å². The molecular formula is C19H39N3O2. The predicted molar refractivity (Wildman–Crippen MR) is 102 cm³/mol. The topological polar surface area (TPSA) is 46.1 Å². The molecule has 0 aromatic carbocycles. The van der Waals surface area contributed by atoms with Gasteiger partial charge in [-0.25, -0.2) is 0 Å². The maximum absolute atomic E-state index is 5.72. The van der Waals surface area contributed by atoms with Crippen LogP contribution in [0.1, 0.15) is 58.3 Å². The summed E-state index contributed by atoms with van der Waals surface area (Å²) in [4.78, 5) is 6.73. The fourth-order valence-electron chi connectivity index (χ4n) is 3.19. The molecule has 24 heavy (non-hydrogen) atoms. The molecule has 1 N–H and O–H groups in total. The standard InChI is InChI=1S/C19H39N3O2/c1-4-5-6-7-8-9-14-24-15-10-12-21-19(20-2)22-13-11-18(16-22)17-23-3/h18H,4-17H2,1-3H3,(H,20,21). The van der Waals surface area contributed by atoms with Gasteiger partial charge in [0.05, 0.1) is 6.61 Å². The first-order valence-corrected chi connectivity index (χ1v) is 9.84. The van der Waals surface area contributed by atoms with Crippen LogP contribution >= 0.6 is 0 Å². The molecule has 0 spiro atoms. The average molecular weight is 342 g/mol. The maximum atomic E-state index is 5.72. The van der Waals surface area contributed by atoms with Gasteiger partial charge in [-0.1, -0.05) is 39.0 Å². The lowest BCUT2D eigenvalue weighted by Gasteiger charge is -2.21. The third kappa shape index (κ3) is 9.48. The summed E-state index contributed by atoms with van der Waals surface area (Å²) in [5.74, 6) is 1.65. The summed E-state index contributed by atoms with van der Waals surface area (Å²) in [7, 11) is 3.64. The Morgan fingerprint density at radius 1 is 1.12 bits per heavy atom. The van der Waals surface area contributed by atoms with Crippen molar-refractivity contribution >= 4 is 5.96 Å². The molecule has 1 aliphatic rings. The summed E-state index contributed by atoms with van der Waals surface area (Å²) in [5.41, 5.74) is 0. The smallest absolute Gasteiger partial charge is 0.193 e. The van der Waals surface area contributed by atoms with Crippen LogP contribution < -0.4 is 5.32 Å². The van der Waals surface area contributed by atoms with Crippen molar-refractivity contribution in [1.29, 1.82) is 0 Å². The fraction of sp³-hybridized carbons (Fsp3) is 0.947. The first-order valence-electron chi connectivity index (χ1n) is 9.84. The number of nitrogens with zero attached hydrogens (tertiary/aromatic N) is 2. The molecule has 0 aromatic rings. The van der Waals surface area contributed by atoms with Gasteiger partial charge in [-0.2, -0.15) is 0 Å². The van der Waals surface area contributed by atoms with Crippen molar-refractivity contribution < 1.29 is 9.47 Å². The van der Waals surface area contributed by atoms with E-state index in [1.807, 2.05) is 7.05 Å². The number of ether oxygens (including phenoxy) is 2. The lowest BCUT2D eigenvalue weighted by atomic mass is 10.1. The van der Waals surface area contributed by atoms with Crippen LogP contribution in [0.5, 0.6) is 0 Å². The molecule has 1 aliphatic heterocycles. The van der Waals surface area contributed by atoms with Crippen molar-refractivity contribution in [1.82, 2.24) is 10.2 Å². The normalized spacial score (nSPS) is 18.4. The van der Waals surface area contributed by atoms with E-state index in [1.54, 1.807) is 7.11 Å². The average Bonchev–Trinajstić information content (AvgIpc) is 3.05. The van der Waals surface area contributed by atoms with Crippen LogP contribution in [-0.2, 0) is 9.47 Å². The molecule has 1 atom stereocenters. The van der Waals surface area contributed by atoms with Gasteiger partial charge in [-0.3, -0.25) is 4.99 Å². The SMILES string of the molecule is CCCCCCCCOCCCNC(=NC)N1CCC(COC)C1. The number of hydrogen-bond acceptors (Lipinski definition) is 3.